The van der Waals surface area contributed by atoms with Gasteiger partial charge in [0.2, 0.25) is 0 Å². The molecular formula is C15H26N4O2. The molecule has 0 spiro atoms. The second-order valence-corrected chi connectivity index (χ2v) is 5.63. The first-order valence-corrected chi connectivity index (χ1v) is 7.54. The Hall–Kier alpha value is -1.82. The number of hydrazine groups is 1. The number of nitro groups is 1. The SMILES string of the molecule is CC(C)CCCCCCNc1cccc(NN)c1[N+](=O)[O-]. The van der Waals surface area contributed by atoms with Gasteiger partial charge in [0.15, 0.2) is 0 Å². The van der Waals surface area contributed by atoms with Crippen molar-refractivity contribution < 1.29 is 4.92 Å². The molecule has 0 aromatic heterocycles. The van der Waals surface area contributed by atoms with E-state index in [1.165, 1.54) is 19.3 Å². The summed E-state index contributed by atoms with van der Waals surface area (Å²) in [7, 11) is 0. The van der Waals surface area contributed by atoms with E-state index in [9.17, 15) is 10.1 Å². The first-order chi connectivity index (χ1) is 10.1. The first kappa shape index (κ1) is 17.2. The third kappa shape index (κ3) is 5.99. The summed E-state index contributed by atoms with van der Waals surface area (Å²) in [4.78, 5) is 10.7. The Labute approximate surface area is 126 Å². The molecule has 6 nitrogen and oxygen atoms in total. The van der Waals surface area contributed by atoms with Gasteiger partial charge in [0.05, 0.1) is 4.92 Å². The Morgan fingerprint density at radius 2 is 1.86 bits per heavy atom. The van der Waals surface area contributed by atoms with Crippen molar-refractivity contribution in [1.29, 1.82) is 0 Å². The molecule has 0 heterocycles. The zero-order chi connectivity index (χ0) is 15.7. The van der Waals surface area contributed by atoms with E-state index in [2.05, 4.69) is 24.6 Å². The van der Waals surface area contributed by atoms with Gasteiger partial charge in [-0.2, -0.15) is 0 Å². The summed E-state index contributed by atoms with van der Waals surface area (Å²) in [6.45, 7) is 5.20. The largest absolute Gasteiger partial charge is 0.379 e. The highest BCUT2D eigenvalue weighted by Gasteiger charge is 2.18. The molecule has 0 aliphatic heterocycles. The van der Waals surface area contributed by atoms with Gasteiger partial charge in [0.1, 0.15) is 11.4 Å². The standard InChI is InChI=1S/C15H26N4O2/c1-12(2)8-5-3-4-6-11-17-13-9-7-10-14(18-16)15(13)19(20)21/h7,9-10,12,17-18H,3-6,8,11,16H2,1-2H3. The van der Waals surface area contributed by atoms with E-state index in [4.69, 9.17) is 5.84 Å². The molecular weight excluding hydrogens is 268 g/mol. The van der Waals surface area contributed by atoms with E-state index < -0.39 is 4.92 Å². The summed E-state index contributed by atoms with van der Waals surface area (Å²) in [5.74, 6) is 6.07. The second kappa shape index (κ2) is 9.18. The average molecular weight is 294 g/mol. The molecule has 0 aliphatic carbocycles. The highest BCUT2D eigenvalue weighted by molar-refractivity contribution is 5.75. The summed E-state index contributed by atoms with van der Waals surface area (Å²) in [6.07, 6.45) is 5.89. The monoisotopic (exact) mass is 294 g/mol. The zero-order valence-electron chi connectivity index (χ0n) is 12.9. The lowest BCUT2D eigenvalue weighted by Gasteiger charge is -2.10. The third-order valence-corrected chi connectivity index (χ3v) is 3.40. The number of nitrogens with two attached hydrogens (primary N) is 1. The van der Waals surface area contributed by atoms with Crippen LogP contribution in [0.4, 0.5) is 17.1 Å². The molecule has 6 heteroatoms. The quantitative estimate of drug-likeness (QED) is 0.263. The van der Waals surface area contributed by atoms with Crippen molar-refractivity contribution in [1.82, 2.24) is 0 Å². The lowest BCUT2D eigenvalue weighted by atomic mass is 10.0. The second-order valence-electron chi connectivity index (χ2n) is 5.63. The van der Waals surface area contributed by atoms with E-state index in [1.54, 1.807) is 18.2 Å². The molecule has 0 bridgehead atoms. The van der Waals surface area contributed by atoms with Crippen LogP contribution in [-0.2, 0) is 0 Å². The topological polar surface area (TPSA) is 93.2 Å². The fourth-order valence-corrected chi connectivity index (χ4v) is 2.25. The fraction of sp³-hybridized carbons (Fsp3) is 0.600. The number of hydrogen-bond acceptors (Lipinski definition) is 5. The summed E-state index contributed by atoms with van der Waals surface area (Å²) < 4.78 is 0. The molecule has 21 heavy (non-hydrogen) atoms. The predicted octanol–water partition coefficient (Wildman–Crippen LogP) is 3.90. The number of benzene rings is 1. The predicted molar refractivity (Wildman–Crippen MR) is 87.3 cm³/mol. The van der Waals surface area contributed by atoms with Crippen LogP contribution in [0.15, 0.2) is 18.2 Å². The maximum Gasteiger partial charge on any atom is 0.316 e. The van der Waals surface area contributed by atoms with Crippen molar-refractivity contribution in [3.8, 4) is 0 Å². The molecule has 0 saturated heterocycles. The van der Waals surface area contributed by atoms with E-state index in [0.717, 1.165) is 25.3 Å². The van der Waals surface area contributed by atoms with Crippen LogP contribution in [0.5, 0.6) is 0 Å². The molecule has 1 aromatic rings. The number of rotatable bonds is 10. The van der Waals surface area contributed by atoms with Crippen molar-refractivity contribution >= 4 is 17.1 Å². The molecule has 1 aromatic carbocycles. The maximum absolute atomic E-state index is 11.1. The molecule has 1 rings (SSSR count). The van der Waals surface area contributed by atoms with Crippen LogP contribution < -0.4 is 16.6 Å². The van der Waals surface area contributed by atoms with Crippen LogP contribution in [0, 0.1) is 16.0 Å². The Balaban J connectivity index is 2.40. The third-order valence-electron chi connectivity index (χ3n) is 3.40. The number of nitrogen functional groups attached to an aromatic ring is 1. The minimum absolute atomic E-state index is 0.000178. The summed E-state index contributed by atoms with van der Waals surface area (Å²) in [5, 5.41) is 14.2. The Kier molecular flexibility index (Phi) is 7.53. The van der Waals surface area contributed by atoms with Crippen molar-refractivity contribution in [2.75, 3.05) is 17.3 Å². The van der Waals surface area contributed by atoms with Crippen molar-refractivity contribution in [3.63, 3.8) is 0 Å². The lowest BCUT2D eigenvalue weighted by Crippen LogP contribution is -2.11. The minimum Gasteiger partial charge on any atom is -0.379 e. The number of nitrogens with zero attached hydrogens (tertiary/aromatic N) is 1. The maximum atomic E-state index is 11.1. The molecule has 118 valence electrons. The highest BCUT2D eigenvalue weighted by Crippen LogP contribution is 2.32. The van der Waals surface area contributed by atoms with Crippen LogP contribution in [0.25, 0.3) is 0 Å². The molecule has 0 saturated carbocycles. The van der Waals surface area contributed by atoms with Crippen molar-refractivity contribution in [3.05, 3.63) is 28.3 Å². The number of nitro benzene ring substituents is 1. The summed E-state index contributed by atoms with van der Waals surface area (Å²) in [6, 6.07) is 5.04. The van der Waals surface area contributed by atoms with Gasteiger partial charge >= 0.3 is 5.69 Å². The summed E-state index contributed by atoms with van der Waals surface area (Å²) >= 11 is 0. The van der Waals surface area contributed by atoms with Gasteiger partial charge in [0, 0.05) is 6.54 Å². The van der Waals surface area contributed by atoms with Gasteiger partial charge in [-0.25, -0.2) is 0 Å². The number of unbranched alkanes of at least 4 members (excludes halogenated alkanes) is 3. The van der Waals surface area contributed by atoms with Gasteiger partial charge in [0.25, 0.3) is 0 Å². The molecule has 0 unspecified atom stereocenters. The van der Waals surface area contributed by atoms with Gasteiger partial charge in [-0.3, -0.25) is 16.0 Å². The van der Waals surface area contributed by atoms with Crippen LogP contribution in [-0.4, -0.2) is 11.5 Å². The summed E-state index contributed by atoms with van der Waals surface area (Å²) in [5.41, 5.74) is 3.20. The Morgan fingerprint density at radius 3 is 2.48 bits per heavy atom. The fourth-order valence-electron chi connectivity index (χ4n) is 2.25. The number of hydrogen-bond donors (Lipinski definition) is 3. The zero-order valence-corrected chi connectivity index (χ0v) is 12.9. The Bertz CT molecular complexity index is 449. The molecule has 4 N–H and O–H groups in total. The van der Waals surface area contributed by atoms with Crippen LogP contribution in [0.3, 0.4) is 0 Å². The van der Waals surface area contributed by atoms with Crippen LogP contribution in [0.1, 0.15) is 46.0 Å². The molecule has 0 amide bonds. The minimum atomic E-state index is -0.417. The van der Waals surface area contributed by atoms with Gasteiger partial charge in [-0.1, -0.05) is 45.6 Å². The molecule has 0 aliphatic rings. The first-order valence-electron chi connectivity index (χ1n) is 7.54. The van der Waals surface area contributed by atoms with E-state index >= 15 is 0 Å². The van der Waals surface area contributed by atoms with Crippen LogP contribution >= 0.6 is 0 Å². The smallest absolute Gasteiger partial charge is 0.316 e. The Morgan fingerprint density at radius 1 is 1.19 bits per heavy atom. The number of anilines is 2. The highest BCUT2D eigenvalue weighted by atomic mass is 16.6. The van der Waals surface area contributed by atoms with Gasteiger partial charge < -0.3 is 10.7 Å². The van der Waals surface area contributed by atoms with Crippen molar-refractivity contribution in [2.45, 2.75) is 46.0 Å². The van der Waals surface area contributed by atoms with Gasteiger partial charge in [-0.15, -0.1) is 0 Å². The number of para-hydroxylation sites is 1. The average Bonchev–Trinajstić information content (AvgIpc) is 2.45. The van der Waals surface area contributed by atoms with Crippen LogP contribution in [0.2, 0.25) is 0 Å². The number of nitrogens with one attached hydrogen (secondary N) is 2. The molecule has 0 radical (unpaired) electrons. The van der Waals surface area contributed by atoms with E-state index in [-0.39, 0.29) is 5.69 Å². The normalized spacial score (nSPS) is 10.7. The van der Waals surface area contributed by atoms with E-state index in [1.807, 2.05) is 0 Å². The molecule has 0 fully saturated rings. The van der Waals surface area contributed by atoms with E-state index in [0.29, 0.717) is 11.4 Å². The van der Waals surface area contributed by atoms with Gasteiger partial charge in [-0.05, 0) is 24.5 Å². The molecule has 0 atom stereocenters. The lowest BCUT2D eigenvalue weighted by molar-refractivity contribution is -0.383. The van der Waals surface area contributed by atoms with Crippen molar-refractivity contribution in [2.24, 2.45) is 11.8 Å².